The summed E-state index contributed by atoms with van der Waals surface area (Å²) in [6.07, 6.45) is -2.71. The molecule has 1 aromatic rings. The summed E-state index contributed by atoms with van der Waals surface area (Å²) in [6.45, 7) is 1.99. The molecule has 0 aliphatic heterocycles. The molecule has 2 N–H and O–H groups in total. The highest BCUT2D eigenvalue weighted by atomic mass is 32.2. The van der Waals surface area contributed by atoms with Crippen LogP contribution in [0.5, 0.6) is 0 Å². The van der Waals surface area contributed by atoms with E-state index in [9.17, 15) is 26.4 Å². The van der Waals surface area contributed by atoms with Crippen LogP contribution in [-0.2, 0) is 25.7 Å². The van der Waals surface area contributed by atoms with E-state index in [0.717, 1.165) is 24.3 Å². The second kappa shape index (κ2) is 10.8. The Morgan fingerprint density at radius 3 is 2.32 bits per heavy atom. The van der Waals surface area contributed by atoms with Crippen LogP contribution in [0.4, 0.5) is 13.2 Å². The van der Waals surface area contributed by atoms with E-state index < -0.39 is 27.9 Å². The average molecular weight is 467 g/mol. The second-order valence-corrected chi connectivity index (χ2v) is 9.75. The molecule has 2 rings (SSSR count). The fourth-order valence-corrected chi connectivity index (χ4v) is 4.84. The van der Waals surface area contributed by atoms with Gasteiger partial charge in [0.1, 0.15) is 0 Å². The number of benzene rings is 1. The standard InChI is InChI=1S/C20H29F3N2O5S/c1-14(26)13-24-19(27)11-12-30-17-7-5-16(6-8-17)25(2)31(28,29)18-9-3-15(4-10-18)20(21,22)23/h3-4,9-10,14,16-17,26H,5-8,11-13H2,1-2H3,(H,24,27). The summed E-state index contributed by atoms with van der Waals surface area (Å²) >= 11 is 0. The van der Waals surface area contributed by atoms with Crippen LogP contribution in [0.3, 0.4) is 0 Å². The minimum Gasteiger partial charge on any atom is -0.392 e. The monoisotopic (exact) mass is 466 g/mol. The Kier molecular flexibility index (Phi) is 8.87. The van der Waals surface area contributed by atoms with E-state index in [4.69, 9.17) is 9.84 Å². The van der Waals surface area contributed by atoms with Gasteiger partial charge in [-0.25, -0.2) is 8.42 Å². The number of alkyl halides is 3. The minimum atomic E-state index is -4.52. The van der Waals surface area contributed by atoms with Crippen LogP contribution < -0.4 is 5.32 Å². The van der Waals surface area contributed by atoms with Gasteiger partial charge in [-0.2, -0.15) is 17.5 Å². The van der Waals surface area contributed by atoms with Gasteiger partial charge in [-0.15, -0.1) is 0 Å². The molecule has 0 saturated heterocycles. The number of aliphatic hydroxyl groups is 1. The highest BCUT2D eigenvalue weighted by Gasteiger charge is 2.34. The van der Waals surface area contributed by atoms with Crippen molar-refractivity contribution >= 4 is 15.9 Å². The number of carbonyl (C=O) groups excluding carboxylic acids is 1. The Bertz CT molecular complexity index is 820. The van der Waals surface area contributed by atoms with E-state index >= 15 is 0 Å². The lowest BCUT2D eigenvalue weighted by Crippen LogP contribution is -2.40. The van der Waals surface area contributed by atoms with Gasteiger partial charge in [-0.3, -0.25) is 4.79 Å². The molecule has 7 nitrogen and oxygen atoms in total. The number of halogens is 3. The van der Waals surface area contributed by atoms with E-state index in [1.165, 1.54) is 11.4 Å². The summed E-state index contributed by atoms with van der Waals surface area (Å²) in [6, 6.07) is 3.21. The number of aliphatic hydroxyl groups excluding tert-OH is 1. The van der Waals surface area contributed by atoms with E-state index in [2.05, 4.69) is 5.32 Å². The maximum atomic E-state index is 12.8. The van der Waals surface area contributed by atoms with E-state index in [-0.39, 0.29) is 42.5 Å². The normalized spacial score (nSPS) is 21.1. The van der Waals surface area contributed by atoms with Crippen molar-refractivity contribution in [3.8, 4) is 0 Å². The SMILES string of the molecule is CC(O)CNC(=O)CCOC1CCC(N(C)S(=O)(=O)c2ccc(C(F)(F)F)cc2)CC1. The third-order valence-corrected chi connectivity index (χ3v) is 7.22. The molecule has 1 aromatic carbocycles. The first-order valence-electron chi connectivity index (χ1n) is 10.1. The quantitative estimate of drug-likeness (QED) is 0.583. The zero-order valence-corrected chi connectivity index (χ0v) is 18.4. The molecular formula is C20H29F3N2O5S. The number of carbonyl (C=O) groups is 1. The van der Waals surface area contributed by atoms with Gasteiger partial charge in [0.2, 0.25) is 15.9 Å². The number of ether oxygens (including phenoxy) is 1. The first kappa shape index (κ1) is 25.6. The topological polar surface area (TPSA) is 95.9 Å². The van der Waals surface area contributed by atoms with Crippen LogP contribution in [-0.4, -0.2) is 62.2 Å². The lowest BCUT2D eigenvalue weighted by atomic mass is 9.93. The number of rotatable bonds is 9. The molecule has 0 heterocycles. The predicted molar refractivity (Wildman–Crippen MR) is 108 cm³/mol. The molecule has 0 spiro atoms. The average Bonchev–Trinajstić information content (AvgIpc) is 2.71. The van der Waals surface area contributed by atoms with Crippen molar-refractivity contribution in [1.82, 2.24) is 9.62 Å². The Labute approximate surface area is 180 Å². The van der Waals surface area contributed by atoms with E-state index in [0.29, 0.717) is 25.7 Å². The molecule has 1 saturated carbocycles. The molecule has 0 aromatic heterocycles. The maximum Gasteiger partial charge on any atom is 0.416 e. The summed E-state index contributed by atoms with van der Waals surface area (Å²) in [5.74, 6) is -0.211. The van der Waals surface area contributed by atoms with Gasteiger partial charge in [-0.1, -0.05) is 0 Å². The summed E-state index contributed by atoms with van der Waals surface area (Å²) < 4.78 is 70.6. The molecule has 1 fully saturated rings. The Morgan fingerprint density at radius 2 is 1.81 bits per heavy atom. The van der Waals surface area contributed by atoms with Gasteiger partial charge in [0.25, 0.3) is 0 Å². The van der Waals surface area contributed by atoms with Crippen molar-refractivity contribution in [3.05, 3.63) is 29.8 Å². The van der Waals surface area contributed by atoms with Crippen molar-refractivity contribution in [3.63, 3.8) is 0 Å². The summed E-state index contributed by atoms with van der Waals surface area (Å²) in [7, 11) is -2.47. The summed E-state index contributed by atoms with van der Waals surface area (Å²) in [4.78, 5) is 11.4. The van der Waals surface area contributed by atoms with Crippen molar-refractivity contribution in [2.24, 2.45) is 0 Å². The molecular weight excluding hydrogens is 437 g/mol. The fourth-order valence-electron chi connectivity index (χ4n) is 3.42. The van der Waals surface area contributed by atoms with Gasteiger partial charge in [-0.05, 0) is 56.9 Å². The number of sulfonamides is 1. The number of hydrogen-bond donors (Lipinski definition) is 2. The van der Waals surface area contributed by atoms with Crippen LogP contribution in [0.15, 0.2) is 29.2 Å². The first-order valence-corrected chi connectivity index (χ1v) is 11.6. The number of nitrogens with one attached hydrogen (secondary N) is 1. The van der Waals surface area contributed by atoms with Gasteiger partial charge >= 0.3 is 6.18 Å². The van der Waals surface area contributed by atoms with Crippen LogP contribution in [0.25, 0.3) is 0 Å². The smallest absolute Gasteiger partial charge is 0.392 e. The number of hydrogen-bond acceptors (Lipinski definition) is 5. The van der Waals surface area contributed by atoms with Gasteiger partial charge in [0, 0.05) is 26.1 Å². The Hall–Kier alpha value is -1.69. The van der Waals surface area contributed by atoms with Crippen LogP contribution in [0, 0.1) is 0 Å². The largest absolute Gasteiger partial charge is 0.416 e. The van der Waals surface area contributed by atoms with Crippen LogP contribution in [0.1, 0.15) is 44.6 Å². The highest BCUT2D eigenvalue weighted by Crippen LogP contribution is 2.32. The summed E-state index contributed by atoms with van der Waals surface area (Å²) in [5, 5.41) is 11.7. The first-order chi connectivity index (χ1) is 14.4. The maximum absolute atomic E-state index is 12.8. The van der Waals surface area contributed by atoms with Crippen LogP contribution >= 0.6 is 0 Å². The molecule has 1 aliphatic rings. The van der Waals surface area contributed by atoms with Crippen LogP contribution in [0.2, 0.25) is 0 Å². The molecule has 1 amide bonds. The van der Waals surface area contributed by atoms with Crippen molar-refractivity contribution in [2.75, 3.05) is 20.2 Å². The van der Waals surface area contributed by atoms with Gasteiger partial charge in [0.05, 0.1) is 29.3 Å². The molecule has 11 heteroatoms. The molecule has 176 valence electrons. The number of amides is 1. The third kappa shape index (κ3) is 7.44. The van der Waals surface area contributed by atoms with Crippen molar-refractivity contribution in [1.29, 1.82) is 0 Å². The lowest BCUT2D eigenvalue weighted by molar-refractivity contribution is -0.137. The molecule has 31 heavy (non-hydrogen) atoms. The molecule has 1 atom stereocenters. The second-order valence-electron chi connectivity index (χ2n) is 7.75. The van der Waals surface area contributed by atoms with Crippen molar-refractivity contribution in [2.45, 2.75) is 68.3 Å². The van der Waals surface area contributed by atoms with E-state index in [1.807, 2.05) is 0 Å². The Morgan fingerprint density at radius 1 is 1.23 bits per heavy atom. The van der Waals surface area contributed by atoms with Crippen molar-refractivity contribution < 1.29 is 36.2 Å². The third-order valence-electron chi connectivity index (χ3n) is 5.29. The zero-order chi connectivity index (χ0) is 23.2. The predicted octanol–water partition coefficient (Wildman–Crippen LogP) is 2.54. The van der Waals surface area contributed by atoms with Gasteiger partial charge in [0.15, 0.2) is 0 Å². The molecule has 0 radical (unpaired) electrons. The fraction of sp³-hybridized carbons (Fsp3) is 0.650. The highest BCUT2D eigenvalue weighted by molar-refractivity contribution is 7.89. The zero-order valence-electron chi connectivity index (χ0n) is 17.6. The molecule has 1 aliphatic carbocycles. The molecule has 1 unspecified atom stereocenters. The lowest BCUT2D eigenvalue weighted by Gasteiger charge is -2.34. The number of nitrogens with zero attached hydrogens (tertiary/aromatic N) is 1. The van der Waals surface area contributed by atoms with Gasteiger partial charge < -0.3 is 15.2 Å². The summed E-state index contributed by atoms with van der Waals surface area (Å²) in [5.41, 5.74) is -0.897. The van der Waals surface area contributed by atoms with E-state index in [1.54, 1.807) is 6.92 Å². The Balaban J connectivity index is 1.83. The minimum absolute atomic E-state index is 0.0806. The molecule has 0 bridgehead atoms.